The molecule has 0 N–H and O–H groups in total. The maximum atomic E-state index is 8.49. The second kappa shape index (κ2) is 3.73. The Morgan fingerprint density at radius 1 is 1.46 bits per heavy atom. The molecule has 0 amide bonds. The van der Waals surface area contributed by atoms with Gasteiger partial charge in [-0.25, -0.2) is 9.97 Å². The summed E-state index contributed by atoms with van der Waals surface area (Å²) in [5, 5.41) is 9.84. The summed E-state index contributed by atoms with van der Waals surface area (Å²) in [4.78, 5) is 8.02. The van der Waals surface area contributed by atoms with Gasteiger partial charge in [-0.15, -0.1) is 0 Å². The summed E-state index contributed by atoms with van der Waals surface area (Å²) in [7, 11) is 0. The Kier molecular flexibility index (Phi) is 2.43. The van der Waals surface area contributed by atoms with E-state index in [1.54, 1.807) is 18.0 Å². The van der Waals surface area contributed by atoms with Crippen LogP contribution in [0.2, 0.25) is 0 Å². The molecule has 0 atom stereocenters. The van der Waals surface area contributed by atoms with E-state index in [0.29, 0.717) is 10.9 Å². The fourth-order valence-electron chi connectivity index (χ4n) is 0.888. The van der Waals surface area contributed by atoms with Gasteiger partial charge in [0, 0.05) is 0 Å². The van der Waals surface area contributed by atoms with Gasteiger partial charge in [-0.3, -0.25) is 0 Å². The van der Waals surface area contributed by atoms with Gasteiger partial charge in [0.25, 0.3) is 0 Å². The van der Waals surface area contributed by atoms with E-state index in [1.165, 1.54) is 6.20 Å². The van der Waals surface area contributed by atoms with Crippen LogP contribution in [0.25, 0.3) is 0 Å². The molecule has 0 aromatic carbocycles. The summed E-state index contributed by atoms with van der Waals surface area (Å²) in [5.41, 5.74) is 0.356. The molecule has 0 spiro atoms. The van der Waals surface area contributed by atoms with Gasteiger partial charge in [0.05, 0.1) is 30.9 Å². The van der Waals surface area contributed by atoms with Crippen molar-refractivity contribution in [3.8, 4) is 6.07 Å². The van der Waals surface area contributed by atoms with Gasteiger partial charge in [0.15, 0.2) is 5.69 Å². The number of rotatable bonds is 2. The lowest BCUT2D eigenvalue weighted by Crippen LogP contribution is -2.30. The highest BCUT2D eigenvalue weighted by molar-refractivity contribution is 8.00. The lowest BCUT2D eigenvalue weighted by Gasteiger charge is -2.24. The van der Waals surface area contributed by atoms with Crippen molar-refractivity contribution in [2.24, 2.45) is 0 Å². The van der Waals surface area contributed by atoms with Gasteiger partial charge in [-0.05, 0) is 0 Å². The van der Waals surface area contributed by atoms with Gasteiger partial charge in [-0.2, -0.15) is 5.26 Å². The minimum atomic E-state index is 0.356. The molecular weight excluding hydrogens is 186 g/mol. The molecule has 1 aromatic rings. The molecule has 2 heterocycles. The summed E-state index contributed by atoms with van der Waals surface area (Å²) < 4.78 is 5.03. The smallest absolute Gasteiger partial charge is 0.158 e. The Balaban J connectivity index is 2.01. The maximum absolute atomic E-state index is 8.49. The van der Waals surface area contributed by atoms with E-state index in [9.17, 15) is 0 Å². The average molecular weight is 193 g/mol. The number of aromatic nitrogens is 2. The van der Waals surface area contributed by atoms with Crippen molar-refractivity contribution in [3.05, 3.63) is 18.1 Å². The highest BCUT2D eigenvalue weighted by atomic mass is 32.2. The Bertz CT molecular complexity index is 328. The highest BCUT2D eigenvalue weighted by Crippen LogP contribution is 2.25. The van der Waals surface area contributed by atoms with Crippen LogP contribution in [0.4, 0.5) is 0 Å². The molecule has 0 unspecified atom stereocenters. The predicted molar refractivity (Wildman–Crippen MR) is 47.2 cm³/mol. The fourth-order valence-corrected chi connectivity index (χ4v) is 1.78. The van der Waals surface area contributed by atoms with Crippen LogP contribution in [0.1, 0.15) is 5.69 Å². The first-order chi connectivity index (χ1) is 6.38. The monoisotopic (exact) mass is 193 g/mol. The van der Waals surface area contributed by atoms with Crippen molar-refractivity contribution in [2.75, 3.05) is 13.2 Å². The largest absolute Gasteiger partial charge is 0.379 e. The number of nitrogens with zero attached hydrogens (tertiary/aromatic N) is 3. The minimum Gasteiger partial charge on any atom is -0.379 e. The Morgan fingerprint density at radius 2 is 2.31 bits per heavy atom. The first kappa shape index (κ1) is 8.48. The second-order valence-electron chi connectivity index (χ2n) is 2.63. The molecular formula is C8H7N3OS. The maximum Gasteiger partial charge on any atom is 0.158 e. The summed E-state index contributed by atoms with van der Waals surface area (Å²) >= 11 is 1.64. The molecule has 1 aliphatic rings. The zero-order valence-corrected chi connectivity index (χ0v) is 7.62. The molecule has 1 saturated heterocycles. The second-order valence-corrected chi connectivity index (χ2v) is 3.95. The molecule has 0 aliphatic carbocycles. The van der Waals surface area contributed by atoms with Crippen LogP contribution in [-0.4, -0.2) is 28.4 Å². The average Bonchev–Trinajstić information content (AvgIpc) is 2.12. The lowest BCUT2D eigenvalue weighted by molar-refractivity contribution is 0.0454. The molecule has 2 rings (SSSR count). The van der Waals surface area contributed by atoms with E-state index in [0.717, 1.165) is 18.2 Å². The van der Waals surface area contributed by atoms with Gasteiger partial charge >= 0.3 is 0 Å². The predicted octanol–water partition coefficient (Wildman–Crippen LogP) is 0.839. The number of hydrogen-bond acceptors (Lipinski definition) is 5. The standard InChI is InChI=1S/C8H7N3OS/c9-1-6-2-11-8(3-10-6)13-7-4-12-5-7/h2-3,7H,4-5H2. The Morgan fingerprint density at radius 3 is 2.77 bits per heavy atom. The van der Waals surface area contributed by atoms with Gasteiger partial charge in [-0.1, -0.05) is 11.8 Å². The zero-order chi connectivity index (χ0) is 9.10. The molecule has 5 heteroatoms. The third-order valence-corrected chi connectivity index (χ3v) is 2.70. The van der Waals surface area contributed by atoms with E-state index in [-0.39, 0.29) is 0 Å². The first-order valence-corrected chi connectivity index (χ1v) is 4.73. The fraction of sp³-hybridized carbons (Fsp3) is 0.375. The SMILES string of the molecule is N#Cc1cnc(SC2COC2)cn1. The number of hydrogen-bond donors (Lipinski definition) is 0. The molecule has 1 aliphatic heterocycles. The van der Waals surface area contributed by atoms with E-state index >= 15 is 0 Å². The molecule has 0 radical (unpaired) electrons. The van der Waals surface area contributed by atoms with Crippen LogP contribution in [0.15, 0.2) is 17.4 Å². The van der Waals surface area contributed by atoms with Gasteiger partial charge in [0.1, 0.15) is 11.1 Å². The van der Waals surface area contributed by atoms with Crippen LogP contribution in [0.3, 0.4) is 0 Å². The Labute approximate surface area is 80.0 Å². The first-order valence-electron chi connectivity index (χ1n) is 3.85. The van der Waals surface area contributed by atoms with Crippen LogP contribution < -0.4 is 0 Å². The van der Waals surface area contributed by atoms with Crippen molar-refractivity contribution in [1.82, 2.24) is 9.97 Å². The minimum absolute atomic E-state index is 0.356. The molecule has 4 nitrogen and oxygen atoms in total. The number of thioether (sulfide) groups is 1. The highest BCUT2D eigenvalue weighted by Gasteiger charge is 2.19. The van der Waals surface area contributed by atoms with Crippen molar-refractivity contribution < 1.29 is 4.74 Å². The van der Waals surface area contributed by atoms with Crippen LogP contribution >= 0.6 is 11.8 Å². The third kappa shape index (κ3) is 1.97. The summed E-state index contributed by atoms with van der Waals surface area (Å²) in [6, 6.07) is 1.93. The molecule has 0 bridgehead atoms. The summed E-state index contributed by atoms with van der Waals surface area (Å²) in [5.74, 6) is 0. The summed E-state index contributed by atoms with van der Waals surface area (Å²) in [6.07, 6.45) is 3.11. The number of nitriles is 1. The lowest BCUT2D eigenvalue weighted by atomic mass is 10.4. The van der Waals surface area contributed by atoms with Crippen LogP contribution in [-0.2, 0) is 4.74 Å². The van der Waals surface area contributed by atoms with E-state index in [2.05, 4.69) is 9.97 Å². The normalized spacial score (nSPS) is 16.2. The van der Waals surface area contributed by atoms with Crippen LogP contribution in [0.5, 0.6) is 0 Å². The van der Waals surface area contributed by atoms with Crippen molar-refractivity contribution in [1.29, 1.82) is 5.26 Å². The third-order valence-electron chi connectivity index (χ3n) is 1.64. The van der Waals surface area contributed by atoms with Gasteiger partial charge in [0.2, 0.25) is 0 Å². The topological polar surface area (TPSA) is 58.8 Å². The molecule has 1 aromatic heterocycles. The molecule has 1 fully saturated rings. The van der Waals surface area contributed by atoms with Crippen molar-refractivity contribution >= 4 is 11.8 Å². The Hall–Kier alpha value is -1.12. The van der Waals surface area contributed by atoms with Crippen molar-refractivity contribution in [3.63, 3.8) is 0 Å². The van der Waals surface area contributed by atoms with E-state index in [1.807, 2.05) is 6.07 Å². The molecule has 0 saturated carbocycles. The molecule has 13 heavy (non-hydrogen) atoms. The van der Waals surface area contributed by atoms with Gasteiger partial charge < -0.3 is 4.74 Å². The van der Waals surface area contributed by atoms with E-state index in [4.69, 9.17) is 10.00 Å². The number of ether oxygens (including phenoxy) is 1. The zero-order valence-electron chi connectivity index (χ0n) is 6.80. The van der Waals surface area contributed by atoms with Crippen molar-refractivity contribution in [2.45, 2.75) is 10.3 Å². The van der Waals surface area contributed by atoms with E-state index < -0.39 is 0 Å². The quantitative estimate of drug-likeness (QED) is 0.696. The van der Waals surface area contributed by atoms with Crippen LogP contribution in [0, 0.1) is 11.3 Å². The summed E-state index contributed by atoms with van der Waals surface area (Å²) in [6.45, 7) is 1.57. The molecule has 66 valence electrons.